The summed E-state index contributed by atoms with van der Waals surface area (Å²) in [5.41, 5.74) is 0.00145. The summed E-state index contributed by atoms with van der Waals surface area (Å²) < 4.78 is 5.39. The standard InChI is InChI=1S/C14H19N3O4/c1-15-11-3-2-8-16(9-11)14(18)10-21-13-6-4-12(5-7-13)17(19)20/h4-7,11,15H,2-3,8-10H2,1H3. The van der Waals surface area contributed by atoms with E-state index in [1.807, 2.05) is 7.05 Å². The van der Waals surface area contributed by atoms with Crippen molar-refractivity contribution >= 4 is 11.6 Å². The summed E-state index contributed by atoms with van der Waals surface area (Å²) >= 11 is 0. The molecule has 7 heteroatoms. The third kappa shape index (κ3) is 4.16. The third-order valence-corrected chi connectivity index (χ3v) is 3.59. The number of benzene rings is 1. The highest BCUT2D eigenvalue weighted by Crippen LogP contribution is 2.17. The number of hydrogen-bond donors (Lipinski definition) is 1. The highest BCUT2D eigenvalue weighted by molar-refractivity contribution is 5.78. The van der Waals surface area contributed by atoms with E-state index in [1.165, 1.54) is 24.3 Å². The van der Waals surface area contributed by atoms with Crippen molar-refractivity contribution < 1.29 is 14.5 Å². The molecule has 1 aromatic carbocycles. The summed E-state index contributed by atoms with van der Waals surface area (Å²) in [4.78, 5) is 23.9. The molecule has 1 atom stereocenters. The molecule has 1 N–H and O–H groups in total. The van der Waals surface area contributed by atoms with Crippen molar-refractivity contribution in [3.05, 3.63) is 34.4 Å². The van der Waals surface area contributed by atoms with Gasteiger partial charge in [-0.15, -0.1) is 0 Å². The van der Waals surface area contributed by atoms with Gasteiger partial charge in [0.1, 0.15) is 5.75 Å². The average molecular weight is 293 g/mol. The van der Waals surface area contributed by atoms with Gasteiger partial charge in [-0.05, 0) is 32.0 Å². The summed E-state index contributed by atoms with van der Waals surface area (Å²) in [6, 6.07) is 6.05. The number of non-ortho nitro benzene ring substituents is 1. The molecule has 1 amide bonds. The fourth-order valence-electron chi connectivity index (χ4n) is 2.34. The first-order chi connectivity index (χ1) is 10.1. The number of rotatable bonds is 5. The molecule has 0 aromatic heterocycles. The van der Waals surface area contributed by atoms with Crippen molar-refractivity contribution in [2.24, 2.45) is 0 Å². The Kier molecular flexibility index (Phi) is 5.10. The molecule has 1 unspecified atom stereocenters. The minimum atomic E-state index is -0.472. The van der Waals surface area contributed by atoms with E-state index in [0.717, 1.165) is 19.4 Å². The number of amides is 1. The molecule has 1 aromatic rings. The lowest BCUT2D eigenvalue weighted by atomic mass is 10.1. The number of piperidine rings is 1. The van der Waals surface area contributed by atoms with Crippen molar-refractivity contribution in [3.63, 3.8) is 0 Å². The van der Waals surface area contributed by atoms with E-state index < -0.39 is 4.92 Å². The van der Waals surface area contributed by atoms with E-state index in [9.17, 15) is 14.9 Å². The van der Waals surface area contributed by atoms with Crippen LogP contribution in [0.15, 0.2) is 24.3 Å². The van der Waals surface area contributed by atoms with E-state index in [1.54, 1.807) is 4.90 Å². The number of nitrogens with zero attached hydrogens (tertiary/aromatic N) is 2. The van der Waals surface area contributed by atoms with Gasteiger partial charge in [-0.25, -0.2) is 0 Å². The minimum Gasteiger partial charge on any atom is -0.484 e. The van der Waals surface area contributed by atoms with Crippen LogP contribution in [0.5, 0.6) is 5.75 Å². The zero-order chi connectivity index (χ0) is 15.2. The SMILES string of the molecule is CNC1CCCN(C(=O)COc2ccc([N+](=O)[O-])cc2)C1. The fourth-order valence-corrected chi connectivity index (χ4v) is 2.34. The summed E-state index contributed by atoms with van der Waals surface area (Å²) in [5.74, 6) is 0.393. The Morgan fingerprint density at radius 3 is 2.81 bits per heavy atom. The first kappa shape index (κ1) is 15.2. The number of likely N-dealkylation sites (N-methyl/N-ethyl adjacent to an activating group) is 1. The number of carbonyl (C=O) groups is 1. The normalized spacial score (nSPS) is 18.3. The van der Waals surface area contributed by atoms with Crippen molar-refractivity contribution in [2.45, 2.75) is 18.9 Å². The monoisotopic (exact) mass is 293 g/mol. The molecule has 1 aliphatic rings. The lowest BCUT2D eigenvalue weighted by Crippen LogP contribution is -2.48. The first-order valence-electron chi connectivity index (χ1n) is 6.92. The zero-order valence-corrected chi connectivity index (χ0v) is 11.9. The predicted molar refractivity (Wildman–Crippen MR) is 77.3 cm³/mol. The number of nitro groups is 1. The maximum absolute atomic E-state index is 12.1. The van der Waals surface area contributed by atoms with Crippen LogP contribution in [0.4, 0.5) is 5.69 Å². The summed E-state index contributed by atoms with van der Waals surface area (Å²) in [6.07, 6.45) is 2.05. The number of carbonyl (C=O) groups excluding carboxylic acids is 1. The molecule has 7 nitrogen and oxygen atoms in total. The Labute approximate surface area is 123 Å². The Hall–Kier alpha value is -2.15. The van der Waals surface area contributed by atoms with E-state index in [-0.39, 0.29) is 18.2 Å². The van der Waals surface area contributed by atoms with E-state index in [4.69, 9.17) is 4.74 Å². The molecule has 0 bridgehead atoms. The van der Waals surface area contributed by atoms with Crippen LogP contribution in [-0.2, 0) is 4.79 Å². The maximum Gasteiger partial charge on any atom is 0.269 e. The lowest BCUT2D eigenvalue weighted by Gasteiger charge is -2.32. The molecular weight excluding hydrogens is 274 g/mol. The molecule has 0 spiro atoms. The van der Waals surface area contributed by atoms with Gasteiger partial charge < -0.3 is 15.0 Å². The highest BCUT2D eigenvalue weighted by atomic mass is 16.6. The molecule has 114 valence electrons. The molecule has 1 heterocycles. The first-order valence-corrected chi connectivity index (χ1v) is 6.92. The van der Waals surface area contributed by atoms with Gasteiger partial charge in [0.2, 0.25) is 0 Å². The number of nitrogens with one attached hydrogen (secondary N) is 1. The smallest absolute Gasteiger partial charge is 0.269 e. The van der Waals surface area contributed by atoms with Crippen LogP contribution in [-0.4, -0.2) is 48.5 Å². The van der Waals surface area contributed by atoms with E-state index in [2.05, 4.69) is 5.32 Å². The van der Waals surface area contributed by atoms with Crippen LogP contribution in [0.1, 0.15) is 12.8 Å². The summed E-state index contributed by atoms with van der Waals surface area (Å²) in [7, 11) is 1.89. The largest absolute Gasteiger partial charge is 0.484 e. The van der Waals surface area contributed by atoms with Gasteiger partial charge in [0.25, 0.3) is 11.6 Å². The molecule has 1 fully saturated rings. The third-order valence-electron chi connectivity index (χ3n) is 3.59. The molecule has 1 saturated heterocycles. The maximum atomic E-state index is 12.1. The second-order valence-electron chi connectivity index (χ2n) is 5.01. The highest BCUT2D eigenvalue weighted by Gasteiger charge is 2.22. The lowest BCUT2D eigenvalue weighted by molar-refractivity contribution is -0.384. The second kappa shape index (κ2) is 7.03. The number of hydrogen-bond acceptors (Lipinski definition) is 5. The Morgan fingerprint density at radius 2 is 2.19 bits per heavy atom. The zero-order valence-electron chi connectivity index (χ0n) is 11.9. The average Bonchev–Trinajstić information content (AvgIpc) is 2.53. The molecule has 2 rings (SSSR count). The summed E-state index contributed by atoms with van der Waals surface area (Å²) in [6.45, 7) is 1.40. The van der Waals surface area contributed by atoms with Gasteiger partial charge in [-0.1, -0.05) is 0 Å². The topological polar surface area (TPSA) is 84.7 Å². The molecule has 0 saturated carbocycles. The van der Waals surface area contributed by atoms with Crippen molar-refractivity contribution in [2.75, 3.05) is 26.7 Å². The van der Waals surface area contributed by atoms with Crippen LogP contribution < -0.4 is 10.1 Å². The molecule has 0 radical (unpaired) electrons. The van der Waals surface area contributed by atoms with Crippen molar-refractivity contribution in [1.29, 1.82) is 0 Å². The molecule has 1 aliphatic heterocycles. The number of ether oxygens (including phenoxy) is 1. The van der Waals surface area contributed by atoms with Crippen molar-refractivity contribution in [1.82, 2.24) is 10.2 Å². The van der Waals surface area contributed by atoms with Crippen LogP contribution in [0.2, 0.25) is 0 Å². The minimum absolute atomic E-state index is 0.00145. The molecular formula is C14H19N3O4. The fraction of sp³-hybridized carbons (Fsp3) is 0.500. The van der Waals surface area contributed by atoms with Gasteiger partial charge in [0, 0.05) is 31.3 Å². The van der Waals surface area contributed by atoms with Crippen LogP contribution >= 0.6 is 0 Å². The number of nitro benzene ring substituents is 1. The van der Waals surface area contributed by atoms with Crippen LogP contribution in [0, 0.1) is 10.1 Å². The Morgan fingerprint density at radius 1 is 1.48 bits per heavy atom. The van der Waals surface area contributed by atoms with Gasteiger partial charge in [-0.3, -0.25) is 14.9 Å². The second-order valence-corrected chi connectivity index (χ2v) is 5.01. The van der Waals surface area contributed by atoms with Gasteiger partial charge in [0.15, 0.2) is 6.61 Å². The van der Waals surface area contributed by atoms with Gasteiger partial charge >= 0.3 is 0 Å². The summed E-state index contributed by atoms with van der Waals surface area (Å²) in [5, 5.41) is 13.7. The van der Waals surface area contributed by atoms with E-state index in [0.29, 0.717) is 18.3 Å². The van der Waals surface area contributed by atoms with Gasteiger partial charge in [0.05, 0.1) is 4.92 Å². The quantitative estimate of drug-likeness (QED) is 0.651. The number of likely N-dealkylation sites (tertiary alicyclic amines) is 1. The molecule has 21 heavy (non-hydrogen) atoms. The Balaban J connectivity index is 1.84. The predicted octanol–water partition coefficient (Wildman–Crippen LogP) is 1.18. The molecule has 0 aliphatic carbocycles. The van der Waals surface area contributed by atoms with Crippen LogP contribution in [0.3, 0.4) is 0 Å². The van der Waals surface area contributed by atoms with Gasteiger partial charge in [-0.2, -0.15) is 0 Å². The van der Waals surface area contributed by atoms with Crippen molar-refractivity contribution in [3.8, 4) is 5.75 Å². The van der Waals surface area contributed by atoms with Crippen LogP contribution in [0.25, 0.3) is 0 Å². The Bertz CT molecular complexity index is 503. The van der Waals surface area contributed by atoms with E-state index >= 15 is 0 Å².